The highest BCUT2D eigenvalue weighted by atomic mass is 32.1. The Morgan fingerprint density at radius 2 is 2.05 bits per heavy atom. The van der Waals surface area contributed by atoms with Crippen LogP contribution < -0.4 is 5.32 Å². The third-order valence-electron chi connectivity index (χ3n) is 4.20. The average molecular weight is 298 g/mol. The number of ether oxygens (including phenoxy) is 1. The van der Waals surface area contributed by atoms with E-state index in [0.29, 0.717) is 5.92 Å². The lowest BCUT2D eigenvalue weighted by atomic mass is 9.85. The molecule has 20 heavy (non-hydrogen) atoms. The van der Waals surface area contributed by atoms with Crippen LogP contribution in [-0.2, 0) is 10.3 Å². The highest BCUT2D eigenvalue weighted by Gasteiger charge is 2.34. The molecule has 0 aromatic carbocycles. The van der Waals surface area contributed by atoms with Crippen molar-refractivity contribution in [3.63, 3.8) is 0 Å². The number of hydrogen-bond acceptors (Lipinski definition) is 4. The maximum Gasteiger partial charge on any atom is 0.113 e. The van der Waals surface area contributed by atoms with E-state index in [1.54, 1.807) is 7.11 Å². The molecule has 2 atom stereocenters. The topological polar surface area (TPSA) is 34.1 Å². The summed E-state index contributed by atoms with van der Waals surface area (Å²) in [6.45, 7) is 12.7. The van der Waals surface area contributed by atoms with E-state index in [1.165, 1.54) is 22.0 Å². The highest BCUT2D eigenvalue weighted by Crippen LogP contribution is 2.36. The summed E-state index contributed by atoms with van der Waals surface area (Å²) in [5.41, 5.74) is 1.16. The molecule has 0 aliphatic carbocycles. The van der Waals surface area contributed by atoms with E-state index in [9.17, 15) is 0 Å². The zero-order chi connectivity index (χ0) is 15.2. The van der Waals surface area contributed by atoms with Crippen LogP contribution in [0.4, 0.5) is 0 Å². The fourth-order valence-corrected chi connectivity index (χ4v) is 3.63. The second kappa shape index (κ2) is 8.11. The van der Waals surface area contributed by atoms with Crippen molar-refractivity contribution in [2.75, 3.05) is 20.3 Å². The molecule has 1 rings (SSSR count). The van der Waals surface area contributed by atoms with Gasteiger partial charge in [0.15, 0.2) is 0 Å². The van der Waals surface area contributed by atoms with Crippen LogP contribution in [0.2, 0.25) is 0 Å². The summed E-state index contributed by atoms with van der Waals surface area (Å²) < 4.78 is 5.20. The summed E-state index contributed by atoms with van der Waals surface area (Å²) in [6.07, 6.45) is 3.40. The quantitative estimate of drug-likeness (QED) is 0.699. The second-order valence-corrected chi connectivity index (χ2v) is 6.94. The Hall–Kier alpha value is -0.450. The fraction of sp³-hybridized carbons (Fsp3) is 0.812. The summed E-state index contributed by atoms with van der Waals surface area (Å²) in [5.74, 6) is 0.689. The zero-order valence-electron chi connectivity index (χ0n) is 13.9. The number of hydrogen-bond donors (Lipinski definition) is 1. The standard InChI is InChI=1S/C16H30N2OS/c1-7-12(3)11-16(8-2,17-9-10-19-6)15-18-13(4)14(5)20-15/h12,17H,7-11H2,1-6H3. The van der Waals surface area contributed by atoms with Crippen molar-refractivity contribution in [2.45, 2.75) is 59.4 Å². The van der Waals surface area contributed by atoms with Crippen LogP contribution in [0.15, 0.2) is 0 Å². The van der Waals surface area contributed by atoms with Crippen molar-refractivity contribution in [3.05, 3.63) is 15.6 Å². The Kier molecular flexibility index (Phi) is 7.13. The second-order valence-electron chi connectivity index (χ2n) is 5.73. The molecule has 1 heterocycles. The first-order chi connectivity index (χ1) is 9.49. The molecule has 3 nitrogen and oxygen atoms in total. The van der Waals surface area contributed by atoms with Crippen molar-refractivity contribution in [1.82, 2.24) is 10.3 Å². The summed E-state index contributed by atoms with van der Waals surface area (Å²) in [4.78, 5) is 6.16. The predicted molar refractivity (Wildman–Crippen MR) is 87.5 cm³/mol. The summed E-state index contributed by atoms with van der Waals surface area (Å²) in [7, 11) is 1.75. The maximum atomic E-state index is 5.20. The Labute approximate surface area is 128 Å². The molecule has 0 amide bonds. The van der Waals surface area contributed by atoms with E-state index in [-0.39, 0.29) is 5.54 Å². The van der Waals surface area contributed by atoms with Crippen molar-refractivity contribution in [3.8, 4) is 0 Å². The van der Waals surface area contributed by atoms with Gasteiger partial charge >= 0.3 is 0 Å². The van der Waals surface area contributed by atoms with Crippen molar-refractivity contribution in [2.24, 2.45) is 5.92 Å². The SMILES string of the molecule is CCC(C)CC(CC)(NCCOC)c1nc(C)c(C)s1. The lowest BCUT2D eigenvalue weighted by Gasteiger charge is -2.34. The molecule has 0 saturated carbocycles. The van der Waals surface area contributed by atoms with E-state index < -0.39 is 0 Å². The number of nitrogens with zero attached hydrogens (tertiary/aromatic N) is 1. The Morgan fingerprint density at radius 1 is 1.35 bits per heavy atom. The number of methoxy groups -OCH3 is 1. The first-order valence-corrected chi connectivity index (χ1v) is 8.49. The van der Waals surface area contributed by atoms with E-state index >= 15 is 0 Å². The van der Waals surface area contributed by atoms with Gasteiger partial charge in [0.1, 0.15) is 5.01 Å². The van der Waals surface area contributed by atoms with Crippen LogP contribution in [0, 0.1) is 19.8 Å². The van der Waals surface area contributed by atoms with Gasteiger partial charge in [-0.3, -0.25) is 0 Å². The van der Waals surface area contributed by atoms with Gasteiger partial charge in [-0.25, -0.2) is 4.98 Å². The lowest BCUT2D eigenvalue weighted by Crippen LogP contribution is -2.44. The van der Waals surface area contributed by atoms with Crippen molar-refractivity contribution < 1.29 is 4.74 Å². The molecule has 1 aromatic rings. The summed E-state index contributed by atoms with van der Waals surface area (Å²) >= 11 is 1.84. The van der Waals surface area contributed by atoms with Crippen LogP contribution in [0.1, 0.15) is 55.6 Å². The van der Waals surface area contributed by atoms with Gasteiger partial charge in [0.2, 0.25) is 0 Å². The van der Waals surface area contributed by atoms with Crippen molar-refractivity contribution in [1.29, 1.82) is 0 Å². The minimum absolute atomic E-state index is 0.00234. The first kappa shape index (κ1) is 17.6. The highest BCUT2D eigenvalue weighted by molar-refractivity contribution is 7.11. The van der Waals surface area contributed by atoms with Gasteiger partial charge in [0, 0.05) is 18.5 Å². The molecule has 0 bridgehead atoms. The number of aryl methyl sites for hydroxylation is 2. The first-order valence-electron chi connectivity index (χ1n) is 7.67. The number of thiazole rings is 1. The van der Waals surface area contributed by atoms with Crippen LogP contribution in [0.3, 0.4) is 0 Å². The molecule has 1 N–H and O–H groups in total. The Balaban J connectivity index is 3.02. The average Bonchev–Trinajstić information content (AvgIpc) is 2.78. The Morgan fingerprint density at radius 3 is 2.50 bits per heavy atom. The maximum absolute atomic E-state index is 5.20. The van der Waals surface area contributed by atoms with Gasteiger partial charge in [-0.15, -0.1) is 11.3 Å². The number of rotatable bonds is 9. The van der Waals surface area contributed by atoms with Gasteiger partial charge in [-0.2, -0.15) is 0 Å². The fourth-order valence-electron chi connectivity index (χ4n) is 2.46. The Bertz CT molecular complexity index is 386. The third kappa shape index (κ3) is 4.27. The van der Waals surface area contributed by atoms with Crippen molar-refractivity contribution >= 4 is 11.3 Å². The molecule has 0 radical (unpaired) electrons. The third-order valence-corrected chi connectivity index (χ3v) is 5.48. The summed E-state index contributed by atoms with van der Waals surface area (Å²) in [6, 6.07) is 0. The predicted octanol–water partition coefficient (Wildman–Crippen LogP) is 4.04. The van der Waals surface area contributed by atoms with Crippen LogP contribution in [-0.4, -0.2) is 25.2 Å². The van der Waals surface area contributed by atoms with Gasteiger partial charge in [0.05, 0.1) is 17.8 Å². The molecule has 116 valence electrons. The van der Waals surface area contributed by atoms with E-state index in [4.69, 9.17) is 9.72 Å². The zero-order valence-corrected chi connectivity index (χ0v) is 14.7. The number of aromatic nitrogens is 1. The molecule has 2 unspecified atom stereocenters. The molecule has 4 heteroatoms. The lowest BCUT2D eigenvalue weighted by molar-refractivity contribution is 0.171. The van der Waals surface area contributed by atoms with E-state index in [0.717, 1.165) is 26.0 Å². The smallest absolute Gasteiger partial charge is 0.113 e. The van der Waals surface area contributed by atoms with Crippen LogP contribution in [0.5, 0.6) is 0 Å². The van der Waals surface area contributed by atoms with Crippen LogP contribution >= 0.6 is 11.3 Å². The van der Waals surface area contributed by atoms with E-state index in [1.807, 2.05) is 11.3 Å². The van der Waals surface area contributed by atoms with Crippen LogP contribution in [0.25, 0.3) is 0 Å². The molecular weight excluding hydrogens is 268 g/mol. The molecule has 1 aromatic heterocycles. The van der Waals surface area contributed by atoms with Gasteiger partial charge in [0.25, 0.3) is 0 Å². The molecule has 0 saturated heterocycles. The molecule has 0 spiro atoms. The van der Waals surface area contributed by atoms with Gasteiger partial charge < -0.3 is 10.1 Å². The minimum Gasteiger partial charge on any atom is -0.383 e. The molecule has 0 fully saturated rings. The summed E-state index contributed by atoms with van der Waals surface area (Å²) in [5, 5.41) is 4.97. The molecule has 0 aliphatic rings. The van der Waals surface area contributed by atoms with Gasteiger partial charge in [-0.05, 0) is 32.6 Å². The normalized spacial score (nSPS) is 16.1. The van der Waals surface area contributed by atoms with Gasteiger partial charge in [-0.1, -0.05) is 27.2 Å². The minimum atomic E-state index is -0.00234. The molecule has 0 aliphatic heterocycles. The largest absolute Gasteiger partial charge is 0.383 e. The number of nitrogens with one attached hydrogen (secondary N) is 1. The molecular formula is C16H30N2OS. The van der Waals surface area contributed by atoms with E-state index in [2.05, 4.69) is 39.9 Å². The monoisotopic (exact) mass is 298 g/mol.